The minimum absolute atomic E-state index is 0.101. The summed E-state index contributed by atoms with van der Waals surface area (Å²) < 4.78 is 136. The van der Waals surface area contributed by atoms with E-state index < -0.39 is 76.4 Å². The van der Waals surface area contributed by atoms with Crippen molar-refractivity contribution in [3.63, 3.8) is 0 Å². The molecule has 0 unspecified atom stereocenters. The Hall–Kier alpha value is -10.6. The smallest absolute Gasteiger partial charge is 0.416 e. The number of aliphatic hydroxyl groups is 3. The molecule has 6 heterocycles. The summed E-state index contributed by atoms with van der Waals surface area (Å²) in [6.07, 6.45) is -5.27. The van der Waals surface area contributed by atoms with Crippen molar-refractivity contribution in [1.29, 1.82) is 0 Å². The number of hydrogen-bond acceptors (Lipinski definition) is 12. The molecule has 1 fully saturated rings. The average Bonchev–Trinajstić information content (AvgIpc) is 1.12. The topological polar surface area (TPSA) is 273 Å². The van der Waals surface area contributed by atoms with Gasteiger partial charge in [0.2, 0.25) is 17.7 Å². The first-order chi connectivity index (χ1) is 50.6. The first-order valence-corrected chi connectivity index (χ1v) is 34.9. The maximum Gasteiger partial charge on any atom is 0.416 e. The summed E-state index contributed by atoms with van der Waals surface area (Å²) in [6.45, 7) is 10.3. The zero-order chi connectivity index (χ0) is 77.1. The van der Waals surface area contributed by atoms with Gasteiger partial charge in [-0.05, 0) is 172 Å². The molecule has 1 aliphatic carbocycles. The van der Waals surface area contributed by atoms with Gasteiger partial charge in [-0.1, -0.05) is 50.2 Å². The van der Waals surface area contributed by atoms with Crippen molar-refractivity contribution in [2.24, 2.45) is 0 Å². The van der Waals surface area contributed by atoms with E-state index in [1.165, 1.54) is 51.1 Å². The van der Waals surface area contributed by atoms with E-state index in [2.05, 4.69) is 31.9 Å². The second-order valence-corrected chi connectivity index (χ2v) is 27.6. The third-order valence-corrected chi connectivity index (χ3v) is 19.5. The fraction of sp³-hybridized carbons (Fsp3) is 0.377. The first-order valence-electron chi connectivity index (χ1n) is 34.9. The number of urea groups is 3. The Balaban J connectivity index is 0.000000160. The molecule has 0 radical (unpaired) electrons. The minimum atomic E-state index is -4.51. The van der Waals surface area contributed by atoms with Gasteiger partial charge in [0.25, 0.3) is 0 Å². The number of benzene rings is 6. The molecular formula is C77H80F9N9O12. The van der Waals surface area contributed by atoms with Crippen LogP contribution in [0.3, 0.4) is 0 Å². The normalized spacial score (nSPS) is 18.8. The van der Waals surface area contributed by atoms with Crippen LogP contribution in [0.15, 0.2) is 127 Å². The van der Waals surface area contributed by atoms with Crippen molar-refractivity contribution in [2.75, 3.05) is 58.2 Å². The van der Waals surface area contributed by atoms with Crippen LogP contribution in [0.2, 0.25) is 0 Å². The Bertz CT molecular complexity index is 4530. The Labute approximate surface area is 609 Å². The van der Waals surface area contributed by atoms with Crippen LogP contribution < -0.4 is 46.1 Å². The van der Waals surface area contributed by atoms with Crippen molar-refractivity contribution < 1.29 is 97.8 Å². The van der Waals surface area contributed by atoms with Gasteiger partial charge in [-0.3, -0.25) is 14.4 Å². The number of nitrogens with one attached hydrogen (secondary N) is 6. The Morgan fingerprint density at radius 1 is 0.523 bits per heavy atom. The highest BCUT2D eigenvalue weighted by Crippen LogP contribution is 2.51. The van der Waals surface area contributed by atoms with Crippen LogP contribution in [0.1, 0.15) is 142 Å². The van der Waals surface area contributed by atoms with Gasteiger partial charge in [0, 0.05) is 115 Å². The average molecular weight is 1490 g/mol. The highest BCUT2D eigenvalue weighted by atomic mass is 19.4. The van der Waals surface area contributed by atoms with Crippen LogP contribution in [0.5, 0.6) is 17.2 Å². The molecule has 9 N–H and O–H groups in total. The second-order valence-electron chi connectivity index (χ2n) is 27.6. The van der Waals surface area contributed by atoms with Crippen molar-refractivity contribution in [3.05, 3.63) is 177 Å². The standard InChI is InChI=1S/C27H30F3N3O4.C26H26F3N3O4.C24H24F3N3O4/c1-4-26(5-2)13-18(21-9-7-19(27(28,29)30)11-23(21)37-26)10-24(35)31-20-8-6-17-15-33(14-16(3)34)25(36)32-22(17)12-20;1-15(33)13-32-14-16-3-5-19(11-21(16)31-24(32)35)30-23(34)9-17-12-25(7-2-8-25)36-22-10-18(26(27,28)29)4-6-20(17)22;1-14(13-31)30-12-16-4-6-18(11-20(16)29-23(30)33)28-22(32)9-15-3-2-8-34-21-10-17(24(25,26)27)5-7-19(15)21/h6-12,16,34H,4-5,13-15H2,1-3H3,(H,31,35)(H,32,36);3-6,9-11,15,33H,2,7-8,12-14H2,1H3,(H,30,34)(H,31,35);4-7,9-11,14,31H,2-3,8,12-13H2,1H3,(H,28,32)(H,29,33)/b18-10+;17-9+;15-9+/t16-;15-;14-/m110/s1. The number of rotatable bonds is 14. The predicted molar refractivity (Wildman–Crippen MR) is 382 cm³/mol. The predicted octanol–water partition coefficient (Wildman–Crippen LogP) is 15.6. The number of β-amino-alcohol motifs (C(OH)–C–C–N with tert-alkyl or cyclic N) is 2. The Morgan fingerprint density at radius 3 is 1.34 bits per heavy atom. The Morgan fingerprint density at radius 2 is 0.925 bits per heavy atom. The molecule has 0 aromatic heterocycles. The SMILES string of the molecule is CCC1(CC)C/C(=C\C(=O)Nc2ccc3c(c2)NC(=O)N(C[C@@H](C)O)C3)c2ccc(C(F)(F)F)cc2O1.C[C@@H](CO)N1Cc2ccc(NC(=O)/C=C3\CCCOc4cc(C(F)(F)F)ccc43)cc2NC1=O.C[C@@H](O)CN1Cc2ccc(NC(=O)/C=C3\CC4(CCC4)Oc4cc(C(F)(F)F)ccc43)cc2NC1=O. The molecule has 9 amide bonds. The van der Waals surface area contributed by atoms with Crippen LogP contribution in [0.4, 0.5) is 88.0 Å². The fourth-order valence-electron chi connectivity index (χ4n) is 13.6. The summed E-state index contributed by atoms with van der Waals surface area (Å²) in [5.74, 6) is -0.952. The highest BCUT2D eigenvalue weighted by molar-refractivity contribution is 6.07. The lowest BCUT2D eigenvalue weighted by atomic mass is 9.72. The van der Waals surface area contributed by atoms with E-state index >= 15 is 0 Å². The van der Waals surface area contributed by atoms with Crippen LogP contribution in [-0.4, -0.2) is 122 Å². The van der Waals surface area contributed by atoms with Gasteiger partial charge < -0.3 is 76.1 Å². The highest BCUT2D eigenvalue weighted by Gasteiger charge is 2.46. The molecule has 568 valence electrons. The van der Waals surface area contributed by atoms with Crippen molar-refractivity contribution >= 4 is 86.7 Å². The molecule has 6 aromatic carbocycles. The van der Waals surface area contributed by atoms with Crippen LogP contribution in [-0.2, 0) is 52.5 Å². The van der Waals surface area contributed by atoms with Gasteiger partial charge in [-0.25, -0.2) is 14.4 Å². The van der Waals surface area contributed by atoms with E-state index in [4.69, 9.17) is 14.2 Å². The number of hydrogen-bond donors (Lipinski definition) is 9. The van der Waals surface area contributed by atoms with Gasteiger partial charge in [-0.15, -0.1) is 0 Å². The minimum Gasteiger partial charge on any atom is -0.493 e. The number of alkyl halides is 9. The molecular weight excluding hydrogens is 1410 g/mol. The molecule has 13 rings (SSSR count). The molecule has 6 aliphatic heterocycles. The lowest BCUT2D eigenvalue weighted by molar-refractivity contribution is -0.138. The number of aliphatic hydroxyl groups excluding tert-OH is 3. The summed E-state index contributed by atoms with van der Waals surface area (Å²) in [7, 11) is 0. The third-order valence-electron chi connectivity index (χ3n) is 19.5. The summed E-state index contributed by atoms with van der Waals surface area (Å²) in [5.41, 5.74) is 5.11. The van der Waals surface area contributed by atoms with E-state index in [0.29, 0.717) is 126 Å². The third kappa shape index (κ3) is 18.5. The van der Waals surface area contributed by atoms with Gasteiger partial charge in [0.05, 0.1) is 48.2 Å². The fourth-order valence-corrected chi connectivity index (χ4v) is 13.6. The number of carbonyl (C=O) groups is 6. The van der Waals surface area contributed by atoms with E-state index in [1.54, 1.807) is 75.4 Å². The van der Waals surface area contributed by atoms with E-state index in [1.807, 2.05) is 13.8 Å². The molecule has 1 spiro atoms. The van der Waals surface area contributed by atoms with Gasteiger partial charge in [-0.2, -0.15) is 39.5 Å². The van der Waals surface area contributed by atoms with Gasteiger partial charge in [0.1, 0.15) is 28.5 Å². The number of nitrogens with zero attached hydrogens (tertiary/aromatic N) is 3. The largest absolute Gasteiger partial charge is 0.493 e. The van der Waals surface area contributed by atoms with Crippen LogP contribution in [0, 0.1) is 0 Å². The molecule has 30 heteroatoms. The molecule has 107 heavy (non-hydrogen) atoms. The van der Waals surface area contributed by atoms with Crippen LogP contribution >= 0.6 is 0 Å². The number of halogens is 9. The summed E-state index contributed by atoms with van der Waals surface area (Å²) >= 11 is 0. The molecule has 6 aromatic rings. The maximum absolute atomic E-state index is 13.3. The summed E-state index contributed by atoms with van der Waals surface area (Å²) in [4.78, 5) is 80.1. The second kappa shape index (κ2) is 31.5. The van der Waals surface area contributed by atoms with Gasteiger partial charge in [0.15, 0.2) is 0 Å². The summed E-state index contributed by atoms with van der Waals surface area (Å²) in [6, 6.07) is 24.0. The number of fused-ring (bicyclic) bond motifs is 6. The lowest BCUT2D eigenvalue weighted by Crippen LogP contribution is -2.45. The number of carbonyl (C=O) groups excluding carboxylic acids is 6. The monoisotopic (exact) mass is 1490 g/mol. The number of anilines is 6. The quantitative estimate of drug-likeness (QED) is 0.0364. The molecule has 21 nitrogen and oxygen atoms in total. The zero-order valence-corrected chi connectivity index (χ0v) is 58.9. The van der Waals surface area contributed by atoms with Gasteiger partial charge >= 0.3 is 36.6 Å². The molecule has 3 atom stereocenters. The number of allylic oxidation sites excluding steroid dienone is 1. The van der Waals surface area contributed by atoms with Crippen LogP contribution in [0.25, 0.3) is 16.7 Å². The molecule has 0 saturated heterocycles. The number of amides is 9. The molecule has 0 bridgehead atoms. The van der Waals surface area contributed by atoms with E-state index in [-0.39, 0.29) is 67.7 Å². The number of ether oxygens (including phenoxy) is 3. The lowest BCUT2D eigenvalue weighted by Gasteiger charge is -2.46. The zero-order valence-electron chi connectivity index (χ0n) is 58.9. The van der Waals surface area contributed by atoms with E-state index in [9.17, 15) is 83.6 Å². The van der Waals surface area contributed by atoms with E-state index in [0.717, 1.165) is 72.4 Å². The summed E-state index contributed by atoms with van der Waals surface area (Å²) in [5, 5.41) is 45.1. The Kier molecular flexibility index (Phi) is 22.8. The maximum atomic E-state index is 13.3. The molecule has 1 saturated carbocycles. The first kappa shape index (κ1) is 77.5. The van der Waals surface area contributed by atoms with Crippen molar-refractivity contribution in [1.82, 2.24) is 14.7 Å². The van der Waals surface area contributed by atoms with Crippen molar-refractivity contribution in [2.45, 2.75) is 160 Å². The molecule has 7 aliphatic rings. The van der Waals surface area contributed by atoms with Crippen molar-refractivity contribution in [3.8, 4) is 17.2 Å².